The molecule has 1 aromatic rings. The normalized spacial score (nSPS) is 26.1. The van der Waals surface area contributed by atoms with E-state index in [2.05, 4.69) is 4.72 Å². The highest BCUT2D eigenvalue weighted by molar-refractivity contribution is 7.88. The maximum atomic E-state index is 12.8. The van der Waals surface area contributed by atoms with Crippen LogP contribution in [-0.4, -0.2) is 73.2 Å². The van der Waals surface area contributed by atoms with Gasteiger partial charge in [-0.3, -0.25) is 4.79 Å². The molecule has 1 aromatic carbocycles. The van der Waals surface area contributed by atoms with Crippen molar-refractivity contribution in [1.82, 2.24) is 4.72 Å². The summed E-state index contributed by atoms with van der Waals surface area (Å²) in [5, 5.41) is 30.7. The van der Waals surface area contributed by atoms with Crippen molar-refractivity contribution in [3.05, 3.63) is 41.5 Å². The number of carbonyl (C=O) groups is 2. The summed E-state index contributed by atoms with van der Waals surface area (Å²) in [5.74, 6) is -1.98. The van der Waals surface area contributed by atoms with E-state index in [0.717, 1.165) is 12.3 Å². The number of hydrogen-bond donors (Lipinski definition) is 4. The number of sulfonamides is 1. The van der Waals surface area contributed by atoms with Crippen LogP contribution in [0, 0.1) is 5.92 Å². The van der Waals surface area contributed by atoms with Crippen molar-refractivity contribution in [1.29, 1.82) is 0 Å². The first-order valence-electron chi connectivity index (χ1n) is 10.8. The highest BCUT2D eigenvalue weighted by Gasteiger charge is 2.25. The molecule has 0 aliphatic carbocycles. The Hall–Kier alpha value is -2.73. The van der Waals surface area contributed by atoms with Gasteiger partial charge < -0.3 is 24.8 Å². The van der Waals surface area contributed by atoms with E-state index in [1.54, 1.807) is 13.8 Å². The van der Waals surface area contributed by atoms with Crippen LogP contribution < -0.4 is 9.46 Å². The Balaban J connectivity index is 2.31. The van der Waals surface area contributed by atoms with Crippen molar-refractivity contribution >= 4 is 27.9 Å². The number of ether oxygens (including phenoxy) is 2. The fourth-order valence-electron chi connectivity index (χ4n) is 3.07. The number of fused-ring (bicyclic) bond motifs is 1. The molecule has 0 aromatic heterocycles. The third-order valence-electron chi connectivity index (χ3n) is 5.21. The van der Waals surface area contributed by atoms with Gasteiger partial charge in [0.25, 0.3) is 0 Å². The van der Waals surface area contributed by atoms with Crippen LogP contribution in [0.4, 0.5) is 0 Å². The van der Waals surface area contributed by atoms with E-state index in [1.807, 2.05) is 0 Å². The molecule has 0 saturated heterocycles. The number of benzene rings is 1. The third-order valence-corrected chi connectivity index (χ3v) is 5.94. The van der Waals surface area contributed by atoms with Gasteiger partial charge in [0.05, 0.1) is 19.0 Å². The molecule has 0 radical (unpaired) electrons. The molecule has 3 unspecified atom stereocenters. The van der Waals surface area contributed by atoms with E-state index in [-0.39, 0.29) is 48.1 Å². The van der Waals surface area contributed by atoms with Crippen molar-refractivity contribution in [2.75, 3.05) is 19.4 Å². The lowest BCUT2D eigenvalue weighted by atomic mass is 9.99. The van der Waals surface area contributed by atoms with Gasteiger partial charge in [0.15, 0.2) is 5.78 Å². The minimum atomic E-state index is -3.31. The number of carbonyl (C=O) groups excluding carboxylic acids is 2. The van der Waals surface area contributed by atoms with Crippen LogP contribution in [0.5, 0.6) is 11.5 Å². The Morgan fingerprint density at radius 3 is 2.56 bits per heavy atom. The van der Waals surface area contributed by atoms with Crippen LogP contribution in [0.15, 0.2) is 30.4 Å². The van der Waals surface area contributed by atoms with E-state index in [1.165, 1.54) is 30.4 Å². The Kier molecular flexibility index (Phi) is 9.80. The number of phenolic OH excluding ortho intramolecular Hbond substituents is 1. The number of hydrogen-bond acceptors (Lipinski definition) is 9. The first-order chi connectivity index (χ1) is 15.9. The summed E-state index contributed by atoms with van der Waals surface area (Å²) in [4.78, 5) is 24.9. The van der Waals surface area contributed by atoms with Crippen molar-refractivity contribution in [3.8, 4) is 11.5 Å². The van der Waals surface area contributed by atoms with Gasteiger partial charge in [0, 0.05) is 18.5 Å². The van der Waals surface area contributed by atoms with E-state index in [9.17, 15) is 33.3 Å². The summed E-state index contributed by atoms with van der Waals surface area (Å²) < 4.78 is 35.6. The van der Waals surface area contributed by atoms with E-state index in [0.29, 0.717) is 6.42 Å². The maximum Gasteiger partial charge on any atom is 0.342 e. The van der Waals surface area contributed by atoms with Crippen LogP contribution in [0.1, 0.15) is 42.6 Å². The van der Waals surface area contributed by atoms with Crippen LogP contribution in [-0.2, 0) is 19.6 Å². The van der Waals surface area contributed by atoms with Gasteiger partial charge in [-0.2, -0.15) is 0 Å². The summed E-state index contributed by atoms with van der Waals surface area (Å²) in [5.41, 5.74) is 0.142. The molecular formula is C23H31NO9S. The summed E-state index contributed by atoms with van der Waals surface area (Å²) in [6.07, 6.45) is 3.22. The standard InChI is InChI=1S/C23H31NO9S/c1-14-8-9-19(26)22(28)18(25)7-4-6-16-12-17(32-11-5-10-24-34(3,30)31)13-20(27)21(16)23(29)33-15(14)2/h4,6,8-9,12-15,18,22,24-25,27-28H,5,7,10-11H2,1-3H3/b6-4+,9-8-/t14-,15?,18?,22?/m1/s1. The molecule has 0 spiro atoms. The number of phenols is 1. The van der Waals surface area contributed by atoms with Crippen molar-refractivity contribution in [2.24, 2.45) is 5.92 Å². The predicted octanol–water partition coefficient (Wildman–Crippen LogP) is 1.16. The molecule has 4 atom stereocenters. The van der Waals surface area contributed by atoms with Gasteiger partial charge in [-0.05, 0) is 37.5 Å². The maximum absolute atomic E-state index is 12.8. The molecule has 34 heavy (non-hydrogen) atoms. The number of ketones is 1. The second kappa shape index (κ2) is 12.1. The molecule has 1 aliphatic heterocycles. The van der Waals surface area contributed by atoms with Gasteiger partial charge in [0.1, 0.15) is 29.3 Å². The zero-order chi connectivity index (χ0) is 25.5. The molecule has 0 amide bonds. The zero-order valence-electron chi connectivity index (χ0n) is 19.3. The first kappa shape index (κ1) is 27.5. The number of aliphatic hydroxyl groups excluding tert-OH is 2. The Bertz CT molecular complexity index is 1050. The minimum Gasteiger partial charge on any atom is -0.507 e. The molecule has 1 heterocycles. The molecular weight excluding hydrogens is 466 g/mol. The van der Waals surface area contributed by atoms with Gasteiger partial charge in [-0.25, -0.2) is 17.9 Å². The largest absolute Gasteiger partial charge is 0.507 e. The second-order valence-electron chi connectivity index (χ2n) is 8.16. The Labute approximate surface area is 198 Å². The lowest BCUT2D eigenvalue weighted by Gasteiger charge is -2.20. The van der Waals surface area contributed by atoms with Gasteiger partial charge in [-0.15, -0.1) is 0 Å². The molecule has 11 heteroatoms. The topological polar surface area (TPSA) is 159 Å². The molecule has 4 N–H and O–H groups in total. The number of aromatic hydroxyl groups is 1. The van der Waals surface area contributed by atoms with Crippen molar-refractivity contribution in [2.45, 2.75) is 45.0 Å². The highest BCUT2D eigenvalue weighted by Crippen LogP contribution is 2.31. The highest BCUT2D eigenvalue weighted by atomic mass is 32.2. The molecule has 1 aliphatic rings. The fraction of sp³-hybridized carbons (Fsp3) is 0.478. The predicted molar refractivity (Wildman–Crippen MR) is 125 cm³/mol. The number of nitrogens with one attached hydrogen (secondary N) is 1. The van der Waals surface area contributed by atoms with Crippen LogP contribution in [0.2, 0.25) is 0 Å². The van der Waals surface area contributed by atoms with Crippen molar-refractivity contribution < 1.29 is 42.8 Å². The van der Waals surface area contributed by atoms with Gasteiger partial charge >= 0.3 is 5.97 Å². The average molecular weight is 498 g/mol. The van der Waals surface area contributed by atoms with Gasteiger partial charge in [0.2, 0.25) is 10.0 Å². The van der Waals surface area contributed by atoms with Gasteiger partial charge in [-0.1, -0.05) is 25.2 Å². The molecule has 0 fully saturated rings. The van der Waals surface area contributed by atoms with E-state index in [4.69, 9.17) is 9.47 Å². The van der Waals surface area contributed by atoms with Crippen LogP contribution >= 0.6 is 0 Å². The van der Waals surface area contributed by atoms with E-state index >= 15 is 0 Å². The minimum absolute atomic E-state index is 0.0931. The van der Waals surface area contributed by atoms with Crippen molar-refractivity contribution in [3.63, 3.8) is 0 Å². The second-order valence-corrected chi connectivity index (χ2v) is 9.99. The molecule has 2 rings (SSSR count). The average Bonchev–Trinajstić information content (AvgIpc) is 2.74. The number of aliphatic hydroxyl groups is 2. The zero-order valence-corrected chi connectivity index (χ0v) is 20.1. The molecule has 0 saturated carbocycles. The van der Waals surface area contributed by atoms with Crippen LogP contribution in [0.3, 0.4) is 0 Å². The lowest BCUT2D eigenvalue weighted by Crippen LogP contribution is -2.32. The number of cyclic esters (lactones) is 1. The number of rotatable bonds is 6. The number of esters is 1. The lowest BCUT2D eigenvalue weighted by molar-refractivity contribution is -0.127. The van der Waals surface area contributed by atoms with Crippen LogP contribution in [0.25, 0.3) is 6.08 Å². The molecule has 188 valence electrons. The summed E-state index contributed by atoms with van der Waals surface area (Å²) in [6.45, 7) is 3.66. The quantitative estimate of drug-likeness (QED) is 0.334. The molecule has 0 bridgehead atoms. The third kappa shape index (κ3) is 8.24. The smallest absolute Gasteiger partial charge is 0.342 e. The Morgan fingerprint density at radius 1 is 1.18 bits per heavy atom. The first-order valence-corrected chi connectivity index (χ1v) is 12.7. The summed E-state index contributed by atoms with van der Waals surface area (Å²) >= 11 is 0. The summed E-state index contributed by atoms with van der Waals surface area (Å²) in [6, 6.07) is 2.75. The SMILES string of the molecule is CC1OC(=O)c2c(O)cc(OCCCNS(C)(=O)=O)cc2/C=C/CC(O)C(O)C(=O)/C=C\[C@H]1C. The summed E-state index contributed by atoms with van der Waals surface area (Å²) in [7, 11) is -3.31. The molecule has 10 nitrogen and oxygen atoms in total. The fourth-order valence-corrected chi connectivity index (χ4v) is 3.58. The van der Waals surface area contributed by atoms with E-state index < -0.39 is 40.1 Å². The Morgan fingerprint density at radius 2 is 1.88 bits per heavy atom. The monoisotopic (exact) mass is 497 g/mol.